The highest BCUT2D eigenvalue weighted by molar-refractivity contribution is 5.92. The number of rotatable bonds is 8. The number of nitrogens with one attached hydrogen (secondary N) is 1. The van der Waals surface area contributed by atoms with Gasteiger partial charge in [-0.05, 0) is 58.3 Å². The summed E-state index contributed by atoms with van der Waals surface area (Å²) in [6.07, 6.45) is 0.178. The van der Waals surface area contributed by atoms with Gasteiger partial charge in [0.25, 0.3) is 5.91 Å². The van der Waals surface area contributed by atoms with E-state index in [9.17, 15) is 9.59 Å². The van der Waals surface area contributed by atoms with Crippen molar-refractivity contribution in [2.45, 2.75) is 12.3 Å². The van der Waals surface area contributed by atoms with Crippen LogP contribution in [0.5, 0.6) is 17.2 Å². The Hall–Kier alpha value is -4.52. The van der Waals surface area contributed by atoms with Crippen LogP contribution in [0.25, 0.3) is 10.8 Å². The van der Waals surface area contributed by atoms with E-state index in [0.717, 1.165) is 27.6 Å². The molecule has 4 aromatic rings. The zero-order valence-corrected chi connectivity index (χ0v) is 19.7. The van der Waals surface area contributed by atoms with Gasteiger partial charge in [0, 0.05) is 11.6 Å². The fourth-order valence-electron chi connectivity index (χ4n) is 4.23. The van der Waals surface area contributed by atoms with Gasteiger partial charge in [-0.15, -0.1) is 0 Å². The lowest BCUT2D eigenvalue weighted by Crippen LogP contribution is -2.20. The first-order valence-corrected chi connectivity index (χ1v) is 11.6. The molecule has 7 heteroatoms. The smallest absolute Gasteiger partial charge is 0.306 e. The molecule has 36 heavy (non-hydrogen) atoms. The Balaban J connectivity index is 1.37. The van der Waals surface area contributed by atoms with Crippen LogP contribution in [0, 0.1) is 0 Å². The van der Waals surface area contributed by atoms with Gasteiger partial charge in [0.2, 0.25) is 6.79 Å². The minimum Gasteiger partial charge on any atom is -0.484 e. The molecule has 7 nitrogen and oxygen atoms in total. The van der Waals surface area contributed by atoms with Crippen molar-refractivity contribution < 1.29 is 28.5 Å². The number of carbonyl (C=O) groups excluding carboxylic acids is 2. The predicted molar refractivity (Wildman–Crippen MR) is 136 cm³/mol. The van der Waals surface area contributed by atoms with Crippen molar-refractivity contribution in [3.8, 4) is 17.2 Å². The van der Waals surface area contributed by atoms with E-state index in [-0.39, 0.29) is 37.6 Å². The third kappa shape index (κ3) is 5.25. The molecule has 5 rings (SSSR count). The van der Waals surface area contributed by atoms with Crippen molar-refractivity contribution in [1.82, 2.24) is 0 Å². The topological polar surface area (TPSA) is 83.1 Å². The Morgan fingerprint density at radius 3 is 2.44 bits per heavy atom. The summed E-state index contributed by atoms with van der Waals surface area (Å²) >= 11 is 0. The predicted octanol–water partition coefficient (Wildman–Crippen LogP) is 5.28. The van der Waals surface area contributed by atoms with Gasteiger partial charge in [-0.1, -0.05) is 48.5 Å². The number of benzene rings is 4. The summed E-state index contributed by atoms with van der Waals surface area (Å²) in [5.41, 5.74) is 2.59. The van der Waals surface area contributed by atoms with Gasteiger partial charge in [-0.2, -0.15) is 0 Å². The van der Waals surface area contributed by atoms with Crippen LogP contribution in [-0.4, -0.2) is 32.4 Å². The summed E-state index contributed by atoms with van der Waals surface area (Å²) in [6, 6.07) is 26.7. The normalized spacial score (nSPS) is 12.7. The van der Waals surface area contributed by atoms with E-state index in [1.165, 1.54) is 7.11 Å². The summed E-state index contributed by atoms with van der Waals surface area (Å²) in [5, 5.41) is 4.76. The third-order valence-corrected chi connectivity index (χ3v) is 6.06. The molecule has 0 saturated heterocycles. The quantitative estimate of drug-likeness (QED) is 0.343. The SMILES string of the molecule is COC(=O)CC(c1ccc2c(c1)OCO2)c1ccc2ccc(OCC(=O)Nc3ccccc3)cc2c1. The van der Waals surface area contributed by atoms with Gasteiger partial charge in [0.15, 0.2) is 18.1 Å². The number of amides is 1. The summed E-state index contributed by atoms with van der Waals surface area (Å²) in [7, 11) is 1.39. The molecule has 0 aliphatic carbocycles. The maximum atomic E-state index is 12.3. The number of anilines is 1. The lowest BCUT2D eigenvalue weighted by Gasteiger charge is -2.18. The van der Waals surface area contributed by atoms with Crippen molar-refractivity contribution >= 4 is 28.3 Å². The highest BCUT2D eigenvalue weighted by Crippen LogP contribution is 2.38. The largest absolute Gasteiger partial charge is 0.484 e. The maximum absolute atomic E-state index is 12.3. The number of hydrogen-bond donors (Lipinski definition) is 1. The van der Waals surface area contributed by atoms with Crippen molar-refractivity contribution in [1.29, 1.82) is 0 Å². The molecule has 1 amide bonds. The van der Waals surface area contributed by atoms with Crippen LogP contribution in [0.2, 0.25) is 0 Å². The van der Waals surface area contributed by atoms with Crippen LogP contribution in [0.4, 0.5) is 5.69 Å². The molecule has 1 heterocycles. The zero-order valence-electron chi connectivity index (χ0n) is 19.7. The van der Waals surface area contributed by atoms with E-state index in [0.29, 0.717) is 17.2 Å². The average Bonchev–Trinajstić information content (AvgIpc) is 3.38. The first kappa shape index (κ1) is 23.2. The van der Waals surface area contributed by atoms with Gasteiger partial charge in [0.05, 0.1) is 13.5 Å². The van der Waals surface area contributed by atoms with E-state index >= 15 is 0 Å². The van der Waals surface area contributed by atoms with Crippen LogP contribution in [0.15, 0.2) is 84.9 Å². The first-order valence-electron chi connectivity index (χ1n) is 11.6. The summed E-state index contributed by atoms with van der Waals surface area (Å²) in [4.78, 5) is 24.5. The maximum Gasteiger partial charge on any atom is 0.306 e. The van der Waals surface area contributed by atoms with Gasteiger partial charge < -0.3 is 24.3 Å². The van der Waals surface area contributed by atoms with E-state index in [1.807, 2.05) is 84.9 Å². The Kier molecular flexibility index (Phi) is 6.71. The number of para-hydroxylation sites is 1. The number of fused-ring (bicyclic) bond motifs is 2. The highest BCUT2D eigenvalue weighted by atomic mass is 16.7. The molecule has 0 fully saturated rings. The van der Waals surface area contributed by atoms with Crippen molar-refractivity contribution in [3.63, 3.8) is 0 Å². The second-order valence-corrected chi connectivity index (χ2v) is 8.42. The molecule has 1 N–H and O–H groups in total. The lowest BCUT2D eigenvalue weighted by molar-refractivity contribution is -0.140. The van der Waals surface area contributed by atoms with Gasteiger partial charge in [-0.25, -0.2) is 0 Å². The number of methoxy groups -OCH3 is 1. The molecular weight excluding hydrogens is 458 g/mol. The molecule has 1 aliphatic heterocycles. The van der Waals surface area contributed by atoms with Gasteiger partial charge in [0.1, 0.15) is 5.75 Å². The van der Waals surface area contributed by atoms with Crippen LogP contribution < -0.4 is 19.5 Å². The average molecular weight is 484 g/mol. The number of hydrogen-bond acceptors (Lipinski definition) is 6. The van der Waals surface area contributed by atoms with E-state index in [4.69, 9.17) is 18.9 Å². The van der Waals surface area contributed by atoms with E-state index in [2.05, 4.69) is 5.32 Å². The number of ether oxygens (including phenoxy) is 4. The summed E-state index contributed by atoms with van der Waals surface area (Å²) < 4.78 is 21.7. The van der Waals surface area contributed by atoms with Gasteiger partial charge >= 0.3 is 5.97 Å². The van der Waals surface area contributed by atoms with Crippen LogP contribution in [0.1, 0.15) is 23.5 Å². The zero-order chi connectivity index (χ0) is 24.9. The van der Waals surface area contributed by atoms with E-state index < -0.39 is 0 Å². The molecule has 0 bridgehead atoms. The summed E-state index contributed by atoms with van der Waals surface area (Å²) in [5.74, 6) is 1.14. The highest BCUT2D eigenvalue weighted by Gasteiger charge is 2.22. The van der Waals surface area contributed by atoms with Crippen LogP contribution in [-0.2, 0) is 14.3 Å². The number of esters is 1. The number of carbonyl (C=O) groups is 2. The molecule has 182 valence electrons. The second kappa shape index (κ2) is 10.4. The minimum absolute atomic E-state index is 0.109. The Labute approximate surface area is 208 Å². The molecule has 1 aliphatic rings. The van der Waals surface area contributed by atoms with Crippen molar-refractivity contribution in [3.05, 3.63) is 96.1 Å². The Morgan fingerprint density at radius 2 is 1.61 bits per heavy atom. The molecule has 0 saturated carbocycles. The fraction of sp³-hybridized carbons (Fsp3) is 0.172. The lowest BCUT2D eigenvalue weighted by atomic mass is 9.87. The molecule has 1 atom stereocenters. The standard InChI is InChI=1S/C29H25NO6/c1-33-29(32)16-25(21-10-12-26-27(15-21)36-18-35-26)20-8-7-19-9-11-24(14-22(19)13-20)34-17-28(31)30-23-5-3-2-4-6-23/h2-15,25H,16-18H2,1H3,(H,30,31). The second-order valence-electron chi connectivity index (χ2n) is 8.42. The fourth-order valence-corrected chi connectivity index (χ4v) is 4.23. The van der Waals surface area contributed by atoms with E-state index in [1.54, 1.807) is 0 Å². The summed E-state index contributed by atoms with van der Waals surface area (Å²) in [6.45, 7) is 0.0742. The van der Waals surface area contributed by atoms with Crippen molar-refractivity contribution in [2.75, 3.05) is 25.8 Å². The van der Waals surface area contributed by atoms with Crippen molar-refractivity contribution in [2.24, 2.45) is 0 Å². The van der Waals surface area contributed by atoms with Crippen LogP contribution >= 0.6 is 0 Å². The first-order chi connectivity index (χ1) is 17.6. The molecule has 0 aromatic heterocycles. The molecule has 0 radical (unpaired) electrons. The minimum atomic E-state index is -0.306. The Bertz CT molecular complexity index is 1400. The third-order valence-electron chi connectivity index (χ3n) is 6.06. The monoisotopic (exact) mass is 483 g/mol. The molecule has 4 aromatic carbocycles. The molecular formula is C29H25NO6. The van der Waals surface area contributed by atoms with Gasteiger partial charge in [-0.3, -0.25) is 9.59 Å². The van der Waals surface area contributed by atoms with Crippen LogP contribution in [0.3, 0.4) is 0 Å². The molecule has 1 unspecified atom stereocenters. The Morgan fingerprint density at radius 1 is 0.861 bits per heavy atom. The molecule has 0 spiro atoms.